The van der Waals surface area contributed by atoms with Crippen LogP contribution in [-0.4, -0.2) is 96.7 Å². The van der Waals surface area contributed by atoms with Crippen molar-refractivity contribution < 1.29 is 14.3 Å². The molecule has 2 saturated heterocycles. The number of hydrogen-bond acceptors (Lipinski definition) is 6. The van der Waals surface area contributed by atoms with Crippen LogP contribution in [0.25, 0.3) is 0 Å². The first kappa shape index (κ1) is 23.3. The van der Waals surface area contributed by atoms with E-state index in [0.717, 1.165) is 64.5 Å². The van der Waals surface area contributed by atoms with Crippen molar-refractivity contribution in [1.29, 1.82) is 0 Å². The number of anilines is 1. The standard InChI is InChI=1S/C23H37N5O3/c1-23(2,3)31-22(30)25(4)18-21(29)28-11-7-8-19(17-28)16-26-12-14-27(15-13-26)20-9-5-6-10-24-20/h5-6,9-10,19H,7-8,11-18H2,1-4H3. The molecule has 2 aliphatic heterocycles. The van der Waals surface area contributed by atoms with Crippen LogP contribution in [0, 0.1) is 5.92 Å². The van der Waals surface area contributed by atoms with E-state index in [1.54, 1.807) is 7.05 Å². The normalized spacial score (nSPS) is 20.5. The van der Waals surface area contributed by atoms with E-state index >= 15 is 0 Å². The van der Waals surface area contributed by atoms with Crippen molar-refractivity contribution in [3.8, 4) is 0 Å². The molecule has 0 radical (unpaired) electrons. The Hall–Kier alpha value is -2.35. The Morgan fingerprint density at radius 1 is 1.16 bits per heavy atom. The number of pyridine rings is 1. The molecular weight excluding hydrogens is 394 g/mol. The highest BCUT2D eigenvalue weighted by Gasteiger charge is 2.29. The van der Waals surface area contributed by atoms with Crippen LogP contribution in [0.4, 0.5) is 10.6 Å². The van der Waals surface area contributed by atoms with Crippen LogP contribution in [0.3, 0.4) is 0 Å². The lowest BCUT2D eigenvalue weighted by Crippen LogP contribution is -2.51. The first-order chi connectivity index (χ1) is 14.7. The number of piperazine rings is 1. The zero-order valence-electron chi connectivity index (χ0n) is 19.4. The summed E-state index contributed by atoms with van der Waals surface area (Å²) < 4.78 is 5.35. The van der Waals surface area contributed by atoms with Gasteiger partial charge in [0, 0.05) is 59.1 Å². The maximum absolute atomic E-state index is 12.8. The molecule has 2 fully saturated rings. The van der Waals surface area contributed by atoms with Gasteiger partial charge in [-0.2, -0.15) is 0 Å². The smallest absolute Gasteiger partial charge is 0.410 e. The molecule has 1 unspecified atom stereocenters. The number of carbonyl (C=O) groups is 2. The second kappa shape index (κ2) is 10.3. The largest absolute Gasteiger partial charge is 0.444 e. The number of hydrogen-bond donors (Lipinski definition) is 0. The molecule has 1 aromatic heterocycles. The minimum absolute atomic E-state index is 0.00182. The van der Waals surface area contributed by atoms with Crippen molar-refractivity contribution in [2.45, 2.75) is 39.2 Å². The molecule has 8 nitrogen and oxygen atoms in total. The van der Waals surface area contributed by atoms with Gasteiger partial charge in [0.05, 0.1) is 0 Å². The fraction of sp³-hybridized carbons (Fsp3) is 0.696. The van der Waals surface area contributed by atoms with E-state index in [1.807, 2.05) is 44.0 Å². The molecule has 0 saturated carbocycles. The Balaban J connectivity index is 1.43. The number of carbonyl (C=O) groups excluding carboxylic acids is 2. The van der Waals surface area contributed by atoms with Crippen LogP contribution in [0.1, 0.15) is 33.6 Å². The topological polar surface area (TPSA) is 69.2 Å². The Morgan fingerprint density at radius 2 is 1.90 bits per heavy atom. The predicted molar refractivity (Wildman–Crippen MR) is 121 cm³/mol. The van der Waals surface area contributed by atoms with Gasteiger partial charge in [-0.05, 0) is 51.7 Å². The molecule has 0 bridgehead atoms. The van der Waals surface area contributed by atoms with Crippen molar-refractivity contribution in [2.24, 2.45) is 5.92 Å². The van der Waals surface area contributed by atoms with E-state index in [2.05, 4.69) is 20.9 Å². The predicted octanol–water partition coefficient (Wildman–Crippen LogP) is 2.31. The summed E-state index contributed by atoms with van der Waals surface area (Å²) in [5.74, 6) is 1.52. The van der Waals surface area contributed by atoms with Crippen molar-refractivity contribution in [2.75, 3.05) is 64.3 Å². The Kier molecular flexibility index (Phi) is 7.75. The monoisotopic (exact) mass is 431 g/mol. The van der Waals surface area contributed by atoms with Gasteiger partial charge in [-0.25, -0.2) is 9.78 Å². The maximum Gasteiger partial charge on any atom is 0.410 e. The van der Waals surface area contributed by atoms with E-state index in [9.17, 15) is 9.59 Å². The zero-order valence-corrected chi connectivity index (χ0v) is 19.4. The van der Waals surface area contributed by atoms with Crippen molar-refractivity contribution in [3.05, 3.63) is 24.4 Å². The molecule has 0 aliphatic carbocycles. The summed E-state index contributed by atoms with van der Waals surface area (Å²) >= 11 is 0. The van der Waals surface area contributed by atoms with E-state index in [4.69, 9.17) is 4.74 Å². The number of likely N-dealkylation sites (tertiary alicyclic amines) is 1. The fourth-order valence-corrected chi connectivity index (χ4v) is 4.21. The fourth-order valence-electron chi connectivity index (χ4n) is 4.21. The molecular formula is C23H37N5O3. The summed E-state index contributed by atoms with van der Waals surface area (Å²) in [7, 11) is 1.62. The lowest BCUT2D eigenvalue weighted by Gasteiger charge is -2.40. The highest BCUT2D eigenvalue weighted by molar-refractivity contribution is 5.82. The molecule has 2 amide bonds. The highest BCUT2D eigenvalue weighted by atomic mass is 16.6. The molecule has 0 aromatic carbocycles. The van der Waals surface area contributed by atoms with Gasteiger partial charge in [-0.1, -0.05) is 6.07 Å². The number of amides is 2. The Morgan fingerprint density at radius 3 is 2.55 bits per heavy atom. The number of ether oxygens (including phenoxy) is 1. The summed E-state index contributed by atoms with van der Waals surface area (Å²) in [6.07, 6.45) is 3.54. The SMILES string of the molecule is CN(CC(=O)N1CCCC(CN2CCN(c3ccccn3)CC2)C1)C(=O)OC(C)(C)C. The van der Waals surface area contributed by atoms with Gasteiger partial charge in [0.1, 0.15) is 18.0 Å². The van der Waals surface area contributed by atoms with Gasteiger partial charge in [0.25, 0.3) is 0 Å². The Labute approximate surface area is 186 Å². The lowest BCUT2D eigenvalue weighted by atomic mass is 9.97. The third-order valence-corrected chi connectivity index (χ3v) is 5.81. The second-order valence-corrected chi connectivity index (χ2v) is 9.66. The van der Waals surface area contributed by atoms with Gasteiger partial charge in [-0.15, -0.1) is 0 Å². The summed E-state index contributed by atoms with van der Waals surface area (Å²) in [5.41, 5.74) is -0.564. The third-order valence-electron chi connectivity index (χ3n) is 5.81. The van der Waals surface area contributed by atoms with Crippen molar-refractivity contribution in [1.82, 2.24) is 19.7 Å². The van der Waals surface area contributed by atoms with Gasteiger partial charge in [0.15, 0.2) is 0 Å². The Bertz CT molecular complexity index is 728. The number of rotatable bonds is 5. The van der Waals surface area contributed by atoms with Crippen molar-refractivity contribution in [3.63, 3.8) is 0 Å². The quantitative estimate of drug-likeness (QED) is 0.713. The van der Waals surface area contributed by atoms with Gasteiger partial charge < -0.3 is 19.4 Å². The summed E-state index contributed by atoms with van der Waals surface area (Å²) in [5, 5.41) is 0. The van der Waals surface area contributed by atoms with Gasteiger partial charge in [0.2, 0.25) is 5.91 Å². The average molecular weight is 432 g/mol. The molecule has 1 atom stereocenters. The minimum Gasteiger partial charge on any atom is -0.444 e. The van der Waals surface area contributed by atoms with E-state index < -0.39 is 11.7 Å². The number of likely N-dealkylation sites (N-methyl/N-ethyl adjacent to an activating group) is 1. The van der Waals surface area contributed by atoms with Crippen molar-refractivity contribution >= 4 is 17.8 Å². The molecule has 8 heteroatoms. The van der Waals surface area contributed by atoms with E-state index in [-0.39, 0.29) is 12.5 Å². The zero-order chi connectivity index (χ0) is 22.4. The number of nitrogens with zero attached hydrogens (tertiary/aromatic N) is 5. The average Bonchev–Trinajstić information content (AvgIpc) is 2.74. The van der Waals surface area contributed by atoms with Crippen LogP contribution in [0.2, 0.25) is 0 Å². The van der Waals surface area contributed by atoms with Crippen LogP contribution in [0.5, 0.6) is 0 Å². The number of aromatic nitrogens is 1. The van der Waals surface area contributed by atoms with Crippen LogP contribution in [0.15, 0.2) is 24.4 Å². The van der Waals surface area contributed by atoms with E-state index in [1.165, 1.54) is 4.90 Å². The van der Waals surface area contributed by atoms with Crippen LogP contribution < -0.4 is 4.90 Å². The lowest BCUT2D eigenvalue weighted by molar-refractivity contribution is -0.134. The van der Waals surface area contributed by atoms with Gasteiger partial charge in [-0.3, -0.25) is 9.69 Å². The van der Waals surface area contributed by atoms with Gasteiger partial charge >= 0.3 is 6.09 Å². The molecule has 172 valence electrons. The summed E-state index contributed by atoms with van der Waals surface area (Å²) in [4.78, 5) is 37.5. The maximum atomic E-state index is 12.8. The molecule has 0 N–H and O–H groups in total. The molecule has 3 rings (SSSR count). The third kappa shape index (κ3) is 7.09. The van der Waals surface area contributed by atoms with Crippen LogP contribution in [-0.2, 0) is 9.53 Å². The summed E-state index contributed by atoms with van der Waals surface area (Å²) in [6.45, 7) is 12.1. The van der Waals surface area contributed by atoms with E-state index in [0.29, 0.717) is 5.92 Å². The minimum atomic E-state index is -0.564. The molecule has 3 heterocycles. The molecule has 2 aliphatic rings. The molecule has 1 aromatic rings. The first-order valence-corrected chi connectivity index (χ1v) is 11.3. The molecule has 0 spiro atoms. The first-order valence-electron chi connectivity index (χ1n) is 11.3. The molecule has 31 heavy (non-hydrogen) atoms. The van der Waals surface area contributed by atoms with Crippen LogP contribution >= 0.6 is 0 Å². The summed E-state index contributed by atoms with van der Waals surface area (Å²) in [6, 6.07) is 6.04. The second-order valence-electron chi connectivity index (χ2n) is 9.66. The highest BCUT2D eigenvalue weighted by Crippen LogP contribution is 2.20. The number of piperidine rings is 1.